The first-order chi connectivity index (χ1) is 50.0. The molecule has 6 rings (SSSR count). The lowest BCUT2D eigenvalue weighted by atomic mass is 9.78. The maximum atomic E-state index is 15.8. The summed E-state index contributed by atoms with van der Waals surface area (Å²) in [6, 6.07) is -11.6. The van der Waals surface area contributed by atoms with E-state index in [1.807, 2.05) is 20.8 Å². The third-order valence-corrected chi connectivity index (χ3v) is 25.6. The van der Waals surface area contributed by atoms with Crippen molar-refractivity contribution < 1.29 is 79.5 Å². The Hall–Kier alpha value is -6.42. The number of halogens is 6. The molecule has 12 amide bonds. The molecule has 14 atom stereocenters. The highest BCUT2D eigenvalue weighted by Crippen LogP contribution is 2.44. The summed E-state index contributed by atoms with van der Waals surface area (Å²) in [6.07, 6.45) is -2.03. The monoisotopic (exact) mass is 1540 g/mol. The maximum Gasteiger partial charge on any atom is 0.393 e. The fraction of sp³-hybridized carbons (Fsp3) is 0.844. The molecule has 2 aliphatic heterocycles. The van der Waals surface area contributed by atoms with Gasteiger partial charge in [-0.3, -0.25) is 57.5 Å². The molecule has 2 heterocycles. The minimum atomic E-state index is -4.56. The second-order valence-electron chi connectivity index (χ2n) is 33.3. The van der Waals surface area contributed by atoms with Gasteiger partial charge in [0.2, 0.25) is 77.3 Å². The second-order valence-corrected chi connectivity index (χ2v) is 33.8. The van der Waals surface area contributed by atoms with E-state index in [9.17, 15) is 50.7 Å². The van der Waals surface area contributed by atoms with Crippen molar-refractivity contribution in [2.45, 2.75) is 287 Å². The SMILES string of the molecule is CC[C@H](C)[C@@H]1NC(=O)[C@H](CC(C)C)N(C)C(=O)C[C@@H](C(=O)N(C)C)N(C)C(=O)[C@H]([C@@H](C)CC)N(C)C(=O)C2(CCCC2)NC(=O)[C@H](CC2CCC(C(F)F)CC2)N(C)C(=O)[C@H](CCC2CCC(C(F)(F)F)C(Cl)C2)NC(=O)CN(C)C(=O)[C@H](CC2CCC(C)CC2)N(C)C(=O)[C@@H]2CCN2C(=O)[C@H](C)N(C)C1=O. The Morgan fingerprint density at radius 2 is 1.17 bits per heavy atom. The Morgan fingerprint density at radius 3 is 1.69 bits per heavy atom. The number of hydrogen-bond donors (Lipinski definition) is 3. The number of carbonyl (C=O) groups is 12. The van der Waals surface area contributed by atoms with Gasteiger partial charge in [0.05, 0.1) is 18.9 Å². The number of likely N-dealkylation sites (N-methyl/N-ethyl adjacent to an activating group) is 8. The van der Waals surface area contributed by atoms with Crippen LogP contribution in [0.1, 0.15) is 209 Å². The van der Waals surface area contributed by atoms with Crippen LogP contribution in [-0.4, -0.2) is 269 Å². The Kier molecular flexibility index (Phi) is 32.6. The summed E-state index contributed by atoms with van der Waals surface area (Å²) in [5.74, 6) is -12.8. The normalized spacial score (nSPS) is 32.1. The van der Waals surface area contributed by atoms with E-state index >= 15 is 28.8 Å². The van der Waals surface area contributed by atoms with Gasteiger partial charge in [-0.1, -0.05) is 99.8 Å². The van der Waals surface area contributed by atoms with E-state index in [0.717, 1.165) is 40.4 Å². The highest BCUT2D eigenvalue weighted by Gasteiger charge is 2.52. The highest BCUT2D eigenvalue weighted by molar-refractivity contribution is 6.21. The van der Waals surface area contributed by atoms with E-state index in [2.05, 4.69) is 22.9 Å². The standard InChI is InChI=1S/C77H126ClF5N12O12/c1-18-46(6)63-73(105)89(12)48(8)68(100)95-37-34-56(95)72(104)92(15)59(41-50-24-22-45(5)23-25-50)71(103)88(11)43-61(96)84-55(33-29-49-28-32-53(54(78)39-49)77(81,82)83)69(101)91(14)58(40-51-26-30-52(31-27-51)65(79)80)67(99)86-76(35-20-21-36-76)75(107)94(17)64(47(7)19-2)74(106)93(16)60(70(102)87(9)10)42-62(97)90(13)57(38-44(3)4)66(98)85-63/h44-60,63-65H,18-43H2,1-17H3,(H,84,96)(H,85,98)(H,86,99)/t45?,46-,47-,48-,49?,50?,51?,52?,53?,54?,55-,56-,57-,58-,59-,60-,63-,64-/m0/s1. The largest absolute Gasteiger partial charge is 0.393 e. The summed E-state index contributed by atoms with van der Waals surface area (Å²) in [5.41, 5.74) is -1.71. The van der Waals surface area contributed by atoms with E-state index in [1.54, 1.807) is 20.8 Å². The fourth-order valence-electron chi connectivity index (χ4n) is 17.0. The maximum absolute atomic E-state index is 15.8. The number of alkyl halides is 6. The molecule has 2 saturated heterocycles. The lowest BCUT2D eigenvalue weighted by molar-refractivity contribution is -0.182. The molecule has 1 spiro atoms. The minimum Gasteiger partial charge on any atom is -0.347 e. The van der Waals surface area contributed by atoms with Crippen molar-refractivity contribution in [2.75, 3.05) is 76.5 Å². The van der Waals surface area contributed by atoms with Gasteiger partial charge in [0.15, 0.2) is 0 Å². The first-order valence-electron chi connectivity index (χ1n) is 39.3. The molecule has 6 fully saturated rings. The molecule has 0 aromatic carbocycles. The average Bonchev–Trinajstić information content (AvgIpc) is 1.77. The number of amides is 12. The number of rotatable bonds is 15. The van der Waals surface area contributed by atoms with Crippen LogP contribution in [0.5, 0.6) is 0 Å². The van der Waals surface area contributed by atoms with Crippen LogP contribution in [-0.2, 0) is 57.5 Å². The summed E-state index contributed by atoms with van der Waals surface area (Å²) in [7, 11) is 12.7. The lowest BCUT2D eigenvalue weighted by Gasteiger charge is -2.45. The Labute approximate surface area is 636 Å². The summed E-state index contributed by atoms with van der Waals surface area (Å²) < 4.78 is 70.9. The van der Waals surface area contributed by atoms with Crippen LogP contribution in [0.2, 0.25) is 0 Å². The predicted molar refractivity (Wildman–Crippen MR) is 395 cm³/mol. The van der Waals surface area contributed by atoms with Crippen LogP contribution >= 0.6 is 11.6 Å². The van der Waals surface area contributed by atoms with Crippen molar-refractivity contribution in [1.29, 1.82) is 0 Å². The molecule has 608 valence electrons. The Balaban J connectivity index is 1.48. The van der Waals surface area contributed by atoms with Crippen molar-refractivity contribution >= 4 is 82.5 Å². The van der Waals surface area contributed by atoms with E-state index in [4.69, 9.17) is 11.6 Å². The molecule has 30 heteroatoms. The van der Waals surface area contributed by atoms with Crippen molar-refractivity contribution in [3.8, 4) is 0 Å². The van der Waals surface area contributed by atoms with Crippen molar-refractivity contribution in [2.24, 2.45) is 53.3 Å². The predicted octanol–water partition coefficient (Wildman–Crippen LogP) is 8.10. The minimum absolute atomic E-state index is 0.0230. The first-order valence-corrected chi connectivity index (χ1v) is 39.7. The van der Waals surface area contributed by atoms with Gasteiger partial charge in [0, 0.05) is 81.3 Å². The van der Waals surface area contributed by atoms with E-state index in [0.29, 0.717) is 31.6 Å². The number of hydrogen-bond acceptors (Lipinski definition) is 12. The van der Waals surface area contributed by atoms with Crippen LogP contribution in [0.4, 0.5) is 22.0 Å². The van der Waals surface area contributed by atoms with Crippen molar-refractivity contribution in [1.82, 2.24) is 60.0 Å². The molecule has 0 bridgehead atoms. The first kappa shape index (κ1) is 89.5. The summed E-state index contributed by atoms with van der Waals surface area (Å²) >= 11 is 6.45. The van der Waals surface area contributed by atoms with E-state index in [1.165, 1.54) is 99.8 Å². The number of nitrogens with zero attached hydrogens (tertiary/aromatic N) is 9. The van der Waals surface area contributed by atoms with Gasteiger partial charge in [-0.05, 0) is 145 Å². The average molecular weight is 1540 g/mol. The van der Waals surface area contributed by atoms with Gasteiger partial charge in [0.1, 0.15) is 59.9 Å². The van der Waals surface area contributed by atoms with Gasteiger partial charge in [-0.25, -0.2) is 8.78 Å². The molecular weight excluding hydrogens is 1420 g/mol. The van der Waals surface area contributed by atoms with E-state index < -0.39 is 197 Å². The third kappa shape index (κ3) is 22.2. The molecule has 0 aromatic heterocycles. The zero-order valence-electron chi connectivity index (χ0n) is 66.6. The molecule has 0 aromatic rings. The van der Waals surface area contributed by atoms with Crippen LogP contribution < -0.4 is 16.0 Å². The van der Waals surface area contributed by atoms with Crippen LogP contribution in [0.3, 0.4) is 0 Å². The molecule has 4 aliphatic carbocycles. The highest BCUT2D eigenvalue weighted by atomic mass is 35.5. The third-order valence-electron chi connectivity index (χ3n) is 25.1. The Bertz CT molecular complexity index is 3110. The lowest BCUT2D eigenvalue weighted by Crippen LogP contribution is -2.65. The van der Waals surface area contributed by atoms with E-state index in [-0.39, 0.29) is 115 Å². The molecule has 3 unspecified atom stereocenters. The topological polar surface area (TPSA) is 270 Å². The van der Waals surface area contributed by atoms with Crippen molar-refractivity contribution in [3.63, 3.8) is 0 Å². The van der Waals surface area contributed by atoms with Gasteiger partial charge >= 0.3 is 6.18 Å². The zero-order chi connectivity index (χ0) is 80.2. The quantitative estimate of drug-likeness (QED) is 0.104. The summed E-state index contributed by atoms with van der Waals surface area (Å²) in [4.78, 5) is 193. The zero-order valence-corrected chi connectivity index (χ0v) is 67.4. The van der Waals surface area contributed by atoms with Crippen molar-refractivity contribution in [3.05, 3.63) is 0 Å². The molecule has 24 nitrogen and oxygen atoms in total. The smallest absolute Gasteiger partial charge is 0.347 e. The summed E-state index contributed by atoms with van der Waals surface area (Å²) in [6.45, 7) is 13.9. The van der Waals surface area contributed by atoms with Gasteiger partial charge in [0.25, 0.3) is 0 Å². The van der Waals surface area contributed by atoms with Gasteiger partial charge in [-0.15, -0.1) is 11.6 Å². The van der Waals surface area contributed by atoms with Gasteiger partial charge < -0.3 is 60.0 Å². The second kappa shape index (κ2) is 39.0. The summed E-state index contributed by atoms with van der Waals surface area (Å²) in [5, 5.41) is 7.49. The van der Waals surface area contributed by atoms with Gasteiger partial charge in [-0.2, -0.15) is 13.2 Å². The number of carbonyl (C=O) groups excluding carboxylic acids is 12. The van der Waals surface area contributed by atoms with Crippen LogP contribution in [0.15, 0.2) is 0 Å². The number of nitrogens with one attached hydrogen (secondary N) is 3. The molecule has 0 radical (unpaired) electrons. The number of fused-ring (bicyclic) bond motifs is 1. The fourth-order valence-corrected chi connectivity index (χ4v) is 17.6. The molecule has 4 saturated carbocycles. The van der Waals surface area contributed by atoms with Crippen LogP contribution in [0.25, 0.3) is 0 Å². The molecule has 3 N–H and O–H groups in total. The molecular formula is C77H126ClF5N12O12. The molecule has 6 aliphatic rings. The molecule has 107 heavy (non-hydrogen) atoms. The Morgan fingerprint density at radius 1 is 0.607 bits per heavy atom. The van der Waals surface area contributed by atoms with Crippen LogP contribution in [0, 0.1) is 53.3 Å².